The fourth-order valence-electron chi connectivity index (χ4n) is 5.42. The van der Waals surface area contributed by atoms with Crippen molar-refractivity contribution in [1.29, 1.82) is 0 Å². The predicted octanol–water partition coefficient (Wildman–Crippen LogP) is 6.95. The van der Waals surface area contributed by atoms with Gasteiger partial charge in [-0.3, -0.25) is 0 Å². The summed E-state index contributed by atoms with van der Waals surface area (Å²) >= 11 is 0. The van der Waals surface area contributed by atoms with Crippen LogP contribution in [0.5, 0.6) is 0 Å². The number of allylic oxidation sites excluding steroid dienone is 3. The van der Waals surface area contributed by atoms with Crippen molar-refractivity contribution in [3.8, 4) is 0 Å². The van der Waals surface area contributed by atoms with Crippen molar-refractivity contribution in [2.24, 2.45) is 23.2 Å². The molecule has 2 aliphatic rings. The average molecular weight is 353 g/mol. The fourth-order valence-corrected chi connectivity index (χ4v) is 5.42. The minimum absolute atomic E-state index is 0.356. The largest absolute Gasteiger partial charge is 0.372 e. The van der Waals surface area contributed by atoms with E-state index in [0.717, 1.165) is 24.9 Å². The molecule has 0 N–H and O–H groups in total. The molecule has 0 bridgehead atoms. The van der Waals surface area contributed by atoms with Crippen molar-refractivity contribution >= 4 is 0 Å². The van der Waals surface area contributed by atoms with Gasteiger partial charge in [0.2, 0.25) is 0 Å². The number of benzene rings is 1. The van der Waals surface area contributed by atoms with E-state index in [-0.39, 0.29) is 0 Å². The molecule has 0 saturated heterocycles. The summed E-state index contributed by atoms with van der Waals surface area (Å²) in [6, 6.07) is 10.5. The summed E-state index contributed by atoms with van der Waals surface area (Å²) in [5.41, 5.74) is 6.40. The molecule has 1 aromatic rings. The van der Waals surface area contributed by atoms with Crippen LogP contribution in [0.4, 0.5) is 0 Å². The van der Waals surface area contributed by atoms with Crippen LogP contribution >= 0.6 is 0 Å². The number of fused-ring (bicyclic) bond motifs is 1. The average Bonchev–Trinajstić information content (AvgIpc) is 2.85. The van der Waals surface area contributed by atoms with Gasteiger partial charge in [0, 0.05) is 0 Å². The van der Waals surface area contributed by atoms with Gasteiger partial charge in [0.1, 0.15) is 0 Å². The summed E-state index contributed by atoms with van der Waals surface area (Å²) in [7, 11) is 0. The van der Waals surface area contributed by atoms with Crippen molar-refractivity contribution in [2.75, 3.05) is 6.61 Å². The van der Waals surface area contributed by atoms with Crippen molar-refractivity contribution in [1.82, 2.24) is 0 Å². The molecule has 26 heavy (non-hydrogen) atoms. The first kappa shape index (κ1) is 19.4. The van der Waals surface area contributed by atoms with Crippen molar-refractivity contribution < 1.29 is 4.74 Å². The second-order valence-electron chi connectivity index (χ2n) is 9.17. The summed E-state index contributed by atoms with van der Waals surface area (Å²) in [5.74, 6) is 2.22. The van der Waals surface area contributed by atoms with Crippen LogP contribution in [-0.2, 0) is 11.3 Å². The van der Waals surface area contributed by atoms with Crippen molar-refractivity contribution in [3.63, 3.8) is 0 Å². The Morgan fingerprint density at radius 3 is 2.50 bits per heavy atom. The van der Waals surface area contributed by atoms with Gasteiger partial charge in [-0.15, -0.1) is 0 Å². The Kier molecular flexibility index (Phi) is 6.07. The first-order valence-electron chi connectivity index (χ1n) is 10.4. The van der Waals surface area contributed by atoms with Crippen molar-refractivity contribution in [3.05, 3.63) is 58.7 Å². The Labute approximate surface area is 160 Å². The summed E-state index contributed by atoms with van der Waals surface area (Å²) in [5, 5.41) is 0. The zero-order chi connectivity index (χ0) is 18.7. The van der Waals surface area contributed by atoms with Crippen LogP contribution in [0.1, 0.15) is 65.9 Å². The lowest BCUT2D eigenvalue weighted by molar-refractivity contribution is 0.140. The molecular formula is C25H36O. The van der Waals surface area contributed by atoms with Crippen LogP contribution in [0.2, 0.25) is 0 Å². The normalized spacial score (nSPS) is 28.7. The van der Waals surface area contributed by atoms with E-state index in [9.17, 15) is 0 Å². The molecule has 0 aromatic heterocycles. The number of rotatable bonds is 5. The minimum Gasteiger partial charge on any atom is -0.372 e. The smallest absolute Gasteiger partial charge is 0.0721 e. The minimum atomic E-state index is 0.356. The fraction of sp³-hybridized carbons (Fsp3) is 0.600. The molecule has 0 aliphatic heterocycles. The van der Waals surface area contributed by atoms with Gasteiger partial charge in [-0.2, -0.15) is 0 Å². The molecule has 3 atom stereocenters. The second kappa shape index (κ2) is 8.13. The number of hydrogen-bond donors (Lipinski definition) is 0. The number of ether oxygens (including phenoxy) is 1. The molecule has 0 amide bonds. The second-order valence-corrected chi connectivity index (χ2v) is 9.17. The van der Waals surface area contributed by atoms with Gasteiger partial charge in [-0.05, 0) is 73.8 Å². The molecule has 1 aromatic carbocycles. The molecule has 0 spiro atoms. The van der Waals surface area contributed by atoms with Crippen LogP contribution in [0.25, 0.3) is 0 Å². The third-order valence-electron chi connectivity index (χ3n) is 6.85. The summed E-state index contributed by atoms with van der Waals surface area (Å²) in [6.45, 7) is 13.5. The highest BCUT2D eigenvalue weighted by Crippen LogP contribution is 2.57. The van der Waals surface area contributed by atoms with Gasteiger partial charge in [0.05, 0.1) is 13.2 Å². The Bertz CT molecular complexity index is 663. The topological polar surface area (TPSA) is 9.23 Å². The summed E-state index contributed by atoms with van der Waals surface area (Å²) in [6.07, 6.45) is 7.70. The highest BCUT2D eigenvalue weighted by molar-refractivity contribution is 5.30. The van der Waals surface area contributed by atoms with Crippen LogP contribution in [-0.4, -0.2) is 6.61 Å². The molecule has 1 fully saturated rings. The lowest BCUT2D eigenvalue weighted by Gasteiger charge is -2.36. The van der Waals surface area contributed by atoms with E-state index in [0.29, 0.717) is 17.9 Å². The highest BCUT2D eigenvalue weighted by atomic mass is 16.5. The van der Waals surface area contributed by atoms with Gasteiger partial charge in [0.25, 0.3) is 0 Å². The van der Waals surface area contributed by atoms with Crippen LogP contribution < -0.4 is 0 Å². The van der Waals surface area contributed by atoms with E-state index in [1.54, 1.807) is 11.1 Å². The Morgan fingerprint density at radius 2 is 1.85 bits per heavy atom. The molecule has 3 rings (SSSR count). The maximum absolute atomic E-state index is 6.10. The summed E-state index contributed by atoms with van der Waals surface area (Å²) in [4.78, 5) is 0. The zero-order valence-electron chi connectivity index (χ0n) is 17.3. The molecule has 0 heterocycles. The lowest BCUT2D eigenvalue weighted by atomic mass is 9.68. The Hall–Kier alpha value is -1.34. The van der Waals surface area contributed by atoms with Gasteiger partial charge in [-0.1, -0.05) is 68.3 Å². The third kappa shape index (κ3) is 3.98. The Balaban J connectivity index is 1.77. The SMILES string of the molecule is CC(C)=C1CCC(COCc2ccccc2)=C[C@H]2[C@H](C(C)C)CC[C@@]12C. The molecule has 142 valence electrons. The molecule has 2 aliphatic carbocycles. The molecule has 1 nitrogen and oxygen atoms in total. The third-order valence-corrected chi connectivity index (χ3v) is 6.85. The highest BCUT2D eigenvalue weighted by Gasteiger charge is 2.48. The molecular weight excluding hydrogens is 316 g/mol. The van der Waals surface area contributed by atoms with Gasteiger partial charge < -0.3 is 4.74 Å². The maximum atomic E-state index is 6.10. The molecule has 0 radical (unpaired) electrons. The first-order chi connectivity index (χ1) is 12.4. The van der Waals surface area contributed by atoms with Crippen LogP contribution in [0.3, 0.4) is 0 Å². The molecule has 0 unspecified atom stereocenters. The van der Waals surface area contributed by atoms with E-state index >= 15 is 0 Å². The van der Waals surface area contributed by atoms with E-state index in [1.165, 1.54) is 30.4 Å². The van der Waals surface area contributed by atoms with E-state index < -0.39 is 0 Å². The van der Waals surface area contributed by atoms with Gasteiger partial charge >= 0.3 is 0 Å². The first-order valence-corrected chi connectivity index (χ1v) is 10.4. The number of hydrogen-bond acceptors (Lipinski definition) is 1. The predicted molar refractivity (Wildman–Crippen MR) is 111 cm³/mol. The molecule has 1 heteroatoms. The zero-order valence-corrected chi connectivity index (χ0v) is 17.3. The van der Waals surface area contributed by atoms with Gasteiger partial charge in [0.15, 0.2) is 0 Å². The standard InChI is InChI=1S/C25H36O/c1-18(2)22-13-14-25(5)23(19(3)4)12-11-21(15-24(22)25)17-26-16-20-9-7-6-8-10-20/h6-10,15,18,22,24H,11-14,16-17H2,1-5H3/t22-,24-,25-/m0/s1. The van der Waals surface area contributed by atoms with Crippen LogP contribution in [0, 0.1) is 23.2 Å². The van der Waals surface area contributed by atoms with E-state index in [2.05, 4.69) is 71.0 Å². The molecule has 1 saturated carbocycles. The maximum Gasteiger partial charge on any atom is 0.0721 e. The monoisotopic (exact) mass is 352 g/mol. The van der Waals surface area contributed by atoms with E-state index in [1.807, 2.05) is 0 Å². The summed E-state index contributed by atoms with van der Waals surface area (Å²) < 4.78 is 6.10. The lowest BCUT2D eigenvalue weighted by Crippen LogP contribution is -2.28. The van der Waals surface area contributed by atoms with Gasteiger partial charge in [-0.25, -0.2) is 0 Å². The Morgan fingerprint density at radius 1 is 1.12 bits per heavy atom. The quantitative estimate of drug-likeness (QED) is 0.521. The van der Waals surface area contributed by atoms with Crippen LogP contribution in [0.15, 0.2) is 53.1 Å². The van der Waals surface area contributed by atoms with E-state index in [4.69, 9.17) is 4.74 Å². The van der Waals surface area contributed by atoms with Crippen molar-refractivity contribution in [2.45, 2.75) is 66.9 Å².